The number of likely N-dealkylation sites (tertiary alicyclic amines) is 1. The normalized spacial score (nSPS) is 24.9. The molecule has 0 radical (unpaired) electrons. The van der Waals surface area contributed by atoms with Crippen molar-refractivity contribution < 1.29 is 22.3 Å². The van der Waals surface area contributed by atoms with Crippen molar-refractivity contribution in [3.63, 3.8) is 0 Å². The third-order valence-corrected chi connectivity index (χ3v) is 8.40. The van der Waals surface area contributed by atoms with Crippen LogP contribution in [0.3, 0.4) is 0 Å². The summed E-state index contributed by atoms with van der Waals surface area (Å²) in [6.45, 7) is 3.85. The van der Waals surface area contributed by atoms with E-state index in [0.717, 1.165) is 44.8 Å². The standard InChI is InChI=1S/C20H28FN3O4S/c21-17-4-3-5-18(12-17)29(26,27)24-14-16(20(15-24)6-10-28-11-7-20)13-22-19(25)23-8-1-2-9-23/h3-5,12,16H,1-2,6-11,13-15H2,(H,22,25)/t16-/m0/s1. The number of rotatable bonds is 4. The van der Waals surface area contributed by atoms with Crippen molar-refractivity contribution in [2.75, 3.05) is 45.9 Å². The lowest BCUT2D eigenvalue weighted by Crippen LogP contribution is -2.45. The number of halogens is 1. The number of nitrogens with one attached hydrogen (secondary N) is 1. The number of carbonyl (C=O) groups is 1. The largest absolute Gasteiger partial charge is 0.381 e. The molecule has 3 saturated heterocycles. The number of hydrogen-bond acceptors (Lipinski definition) is 4. The number of amides is 2. The van der Waals surface area contributed by atoms with Crippen LogP contribution >= 0.6 is 0 Å². The van der Waals surface area contributed by atoms with Gasteiger partial charge in [-0.2, -0.15) is 4.31 Å². The van der Waals surface area contributed by atoms with Crippen LogP contribution in [0.5, 0.6) is 0 Å². The van der Waals surface area contributed by atoms with Crippen LogP contribution in [0.4, 0.5) is 9.18 Å². The third-order valence-electron chi connectivity index (χ3n) is 6.60. The first-order valence-corrected chi connectivity index (χ1v) is 11.7. The van der Waals surface area contributed by atoms with Crippen molar-refractivity contribution in [3.8, 4) is 0 Å². The second kappa shape index (κ2) is 8.20. The number of nitrogens with zero attached hydrogens (tertiary/aromatic N) is 2. The van der Waals surface area contributed by atoms with E-state index in [1.165, 1.54) is 22.5 Å². The lowest BCUT2D eigenvalue weighted by Gasteiger charge is -2.38. The molecular weight excluding hydrogens is 397 g/mol. The summed E-state index contributed by atoms with van der Waals surface area (Å²) in [4.78, 5) is 14.2. The molecule has 0 bridgehead atoms. The van der Waals surface area contributed by atoms with Crippen LogP contribution in [0.1, 0.15) is 25.7 Å². The molecule has 1 atom stereocenters. The highest BCUT2D eigenvalue weighted by molar-refractivity contribution is 7.89. The van der Waals surface area contributed by atoms with Gasteiger partial charge in [0, 0.05) is 45.9 Å². The molecule has 4 rings (SSSR count). The zero-order chi connectivity index (χ0) is 20.5. The maximum Gasteiger partial charge on any atom is 0.317 e. The average molecular weight is 426 g/mol. The Morgan fingerprint density at radius 1 is 1.24 bits per heavy atom. The number of hydrogen-bond donors (Lipinski definition) is 1. The van der Waals surface area contributed by atoms with Crippen molar-refractivity contribution in [3.05, 3.63) is 30.1 Å². The molecule has 3 aliphatic heterocycles. The molecule has 3 fully saturated rings. The molecule has 3 aliphatic rings. The van der Waals surface area contributed by atoms with E-state index in [4.69, 9.17) is 4.74 Å². The fourth-order valence-electron chi connectivity index (χ4n) is 4.81. The quantitative estimate of drug-likeness (QED) is 0.801. The maximum atomic E-state index is 13.6. The van der Waals surface area contributed by atoms with Gasteiger partial charge in [0.15, 0.2) is 0 Å². The van der Waals surface area contributed by atoms with Crippen LogP contribution < -0.4 is 5.32 Å². The van der Waals surface area contributed by atoms with E-state index < -0.39 is 15.8 Å². The predicted octanol–water partition coefficient (Wildman–Crippen LogP) is 2.05. The molecule has 3 heterocycles. The van der Waals surface area contributed by atoms with Crippen LogP contribution in [0, 0.1) is 17.2 Å². The Morgan fingerprint density at radius 3 is 2.66 bits per heavy atom. The molecule has 0 unspecified atom stereocenters. The number of carbonyl (C=O) groups excluding carboxylic acids is 1. The molecule has 0 aliphatic carbocycles. The average Bonchev–Trinajstić information content (AvgIpc) is 3.36. The van der Waals surface area contributed by atoms with Crippen molar-refractivity contribution in [1.29, 1.82) is 0 Å². The zero-order valence-electron chi connectivity index (χ0n) is 16.5. The summed E-state index contributed by atoms with van der Waals surface area (Å²) in [6.07, 6.45) is 3.56. The number of benzene rings is 1. The molecule has 1 spiro atoms. The SMILES string of the molecule is O=C(NC[C@H]1CN(S(=O)(=O)c2cccc(F)c2)CC12CCOCC2)N1CCCC1. The van der Waals surface area contributed by atoms with E-state index in [2.05, 4.69) is 5.32 Å². The molecule has 160 valence electrons. The van der Waals surface area contributed by atoms with E-state index >= 15 is 0 Å². The Labute approximate surface area is 171 Å². The second-order valence-corrected chi connectivity index (χ2v) is 10.2. The highest BCUT2D eigenvalue weighted by Crippen LogP contribution is 2.45. The second-order valence-electron chi connectivity index (χ2n) is 8.31. The summed E-state index contributed by atoms with van der Waals surface area (Å²) >= 11 is 0. The fourth-order valence-corrected chi connectivity index (χ4v) is 6.43. The smallest absolute Gasteiger partial charge is 0.317 e. The molecule has 1 aromatic rings. The van der Waals surface area contributed by atoms with Crippen LogP contribution in [0.15, 0.2) is 29.2 Å². The molecule has 0 aromatic heterocycles. The van der Waals surface area contributed by atoms with Crippen LogP contribution in [0.2, 0.25) is 0 Å². The summed E-state index contributed by atoms with van der Waals surface area (Å²) < 4.78 is 46.9. The van der Waals surface area contributed by atoms with Gasteiger partial charge < -0.3 is 15.0 Å². The zero-order valence-corrected chi connectivity index (χ0v) is 17.3. The van der Waals surface area contributed by atoms with Crippen molar-refractivity contribution >= 4 is 16.1 Å². The highest BCUT2D eigenvalue weighted by atomic mass is 32.2. The molecule has 29 heavy (non-hydrogen) atoms. The van der Waals surface area contributed by atoms with Crippen molar-refractivity contribution in [2.45, 2.75) is 30.6 Å². The van der Waals surface area contributed by atoms with E-state index in [1.54, 1.807) is 0 Å². The van der Waals surface area contributed by atoms with Gasteiger partial charge in [0.25, 0.3) is 0 Å². The topological polar surface area (TPSA) is 79.0 Å². The molecule has 2 amide bonds. The van der Waals surface area contributed by atoms with Gasteiger partial charge in [-0.3, -0.25) is 0 Å². The molecular formula is C20H28FN3O4S. The van der Waals surface area contributed by atoms with E-state index in [1.807, 2.05) is 4.90 Å². The highest BCUT2D eigenvalue weighted by Gasteiger charge is 2.50. The van der Waals surface area contributed by atoms with Gasteiger partial charge in [-0.25, -0.2) is 17.6 Å². The first-order valence-electron chi connectivity index (χ1n) is 10.3. The maximum absolute atomic E-state index is 13.6. The van der Waals surface area contributed by atoms with Gasteiger partial charge >= 0.3 is 6.03 Å². The van der Waals surface area contributed by atoms with E-state index in [9.17, 15) is 17.6 Å². The van der Waals surface area contributed by atoms with Gasteiger partial charge in [0.1, 0.15) is 5.82 Å². The number of ether oxygens (including phenoxy) is 1. The Balaban J connectivity index is 1.51. The number of sulfonamides is 1. The molecule has 9 heteroatoms. The van der Waals surface area contributed by atoms with E-state index in [-0.39, 0.29) is 22.3 Å². The fraction of sp³-hybridized carbons (Fsp3) is 0.650. The van der Waals surface area contributed by atoms with Crippen LogP contribution in [-0.4, -0.2) is 69.6 Å². The molecule has 1 N–H and O–H groups in total. The Morgan fingerprint density at radius 2 is 1.97 bits per heavy atom. The first-order chi connectivity index (χ1) is 13.9. The molecule has 1 aromatic carbocycles. The van der Waals surface area contributed by atoms with Gasteiger partial charge in [0.2, 0.25) is 10.0 Å². The summed E-state index contributed by atoms with van der Waals surface area (Å²) in [7, 11) is -3.79. The Bertz CT molecular complexity index is 851. The first kappa shape index (κ1) is 20.6. The summed E-state index contributed by atoms with van der Waals surface area (Å²) in [5.41, 5.74) is -0.225. The summed E-state index contributed by atoms with van der Waals surface area (Å²) in [5, 5.41) is 3.02. The minimum absolute atomic E-state index is 0.00119. The van der Waals surface area contributed by atoms with Crippen molar-refractivity contribution in [2.24, 2.45) is 11.3 Å². The summed E-state index contributed by atoms with van der Waals surface area (Å²) in [5.74, 6) is -0.568. The Hall–Kier alpha value is -1.71. The summed E-state index contributed by atoms with van der Waals surface area (Å²) in [6, 6.07) is 5.07. The predicted molar refractivity (Wildman–Crippen MR) is 105 cm³/mol. The minimum atomic E-state index is -3.79. The third kappa shape index (κ3) is 4.13. The number of urea groups is 1. The molecule has 7 nitrogen and oxygen atoms in total. The van der Waals surface area contributed by atoms with Crippen LogP contribution in [0.25, 0.3) is 0 Å². The van der Waals surface area contributed by atoms with Crippen LogP contribution in [-0.2, 0) is 14.8 Å². The van der Waals surface area contributed by atoms with E-state index in [0.29, 0.717) is 32.8 Å². The van der Waals surface area contributed by atoms with Gasteiger partial charge in [0.05, 0.1) is 4.90 Å². The Kier molecular flexibility index (Phi) is 5.81. The lowest BCUT2D eigenvalue weighted by atomic mass is 9.72. The van der Waals surface area contributed by atoms with Crippen molar-refractivity contribution in [1.82, 2.24) is 14.5 Å². The van der Waals surface area contributed by atoms with Gasteiger partial charge in [-0.05, 0) is 55.2 Å². The van der Waals surface area contributed by atoms with Gasteiger partial charge in [-0.1, -0.05) is 6.07 Å². The lowest BCUT2D eigenvalue weighted by molar-refractivity contribution is 0.00176. The monoisotopic (exact) mass is 425 g/mol. The minimum Gasteiger partial charge on any atom is -0.381 e. The molecule has 0 saturated carbocycles. The van der Waals surface area contributed by atoms with Gasteiger partial charge in [-0.15, -0.1) is 0 Å².